The normalized spacial score (nSPS) is 11.0. The van der Waals surface area contributed by atoms with Crippen LogP contribution in [0.4, 0.5) is 5.82 Å². The van der Waals surface area contributed by atoms with Crippen molar-refractivity contribution in [2.75, 3.05) is 19.4 Å². The summed E-state index contributed by atoms with van der Waals surface area (Å²) in [6.45, 7) is 2.77. The second-order valence-electron chi connectivity index (χ2n) is 6.08. The van der Waals surface area contributed by atoms with E-state index >= 15 is 0 Å². The maximum absolute atomic E-state index is 12.5. The molecule has 0 unspecified atom stereocenters. The van der Waals surface area contributed by atoms with Crippen LogP contribution in [0.3, 0.4) is 0 Å². The molecule has 24 heavy (non-hydrogen) atoms. The molecule has 1 amide bonds. The fourth-order valence-corrected chi connectivity index (χ4v) is 2.65. The summed E-state index contributed by atoms with van der Waals surface area (Å²) >= 11 is 0. The first-order chi connectivity index (χ1) is 11.5. The summed E-state index contributed by atoms with van der Waals surface area (Å²) < 4.78 is 0. The summed E-state index contributed by atoms with van der Waals surface area (Å²) in [6.07, 6.45) is 1.70. The maximum Gasteiger partial charge on any atom is 0.275 e. The fraction of sp³-hybridized carbons (Fsp3) is 0.211. The second-order valence-corrected chi connectivity index (χ2v) is 6.08. The van der Waals surface area contributed by atoms with Crippen LogP contribution >= 0.6 is 0 Å². The van der Waals surface area contributed by atoms with E-state index in [1.165, 1.54) is 0 Å². The lowest BCUT2D eigenvalue weighted by Gasteiger charge is -2.11. The molecule has 1 N–H and O–H groups in total. The minimum atomic E-state index is -0.252. The van der Waals surface area contributed by atoms with Gasteiger partial charge in [-0.2, -0.15) is 0 Å². The molecule has 1 aromatic carbocycles. The van der Waals surface area contributed by atoms with Crippen molar-refractivity contribution in [3.63, 3.8) is 0 Å². The van der Waals surface area contributed by atoms with Crippen LogP contribution in [0.1, 0.15) is 21.6 Å². The van der Waals surface area contributed by atoms with Crippen LogP contribution < -0.4 is 5.32 Å². The van der Waals surface area contributed by atoms with Gasteiger partial charge in [-0.05, 0) is 56.4 Å². The summed E-state index contributed by atoms with van der Waals surface area (Å²) in [4.78, 5) is 23.3. The Morgan fingerprint density at radius 2 is 1.96 bits per heavy atom. The van der Waals surface area contributed by atoms with Crippen LogP contribution in [0.25, 0.3) is 10.9 Å². The Bertz CT molecular complexity index is 889. The molecular formula is C19H20N4O. The molecule has 0 radical (unpaired) electrons. The third-order valence-corrected chi connectivity index (χ3v) is 3.72. The quantitative estimate of drug-likeness (QED) is 0.801. The zero-order valence-corrected chi connectivity index (χ0v) is 14.1. The Morgan fingerprint density at radius 1 is 1.17 bits per heavy atom. The zero-order chi connectivity index (χ0) is 17.1. The van der Waals surface area contributed by atoms with E-state index in [1.807, 2.05) is 57.4 Å². The molecule has 2 heterocycles. The summed E-state index contributed by atoms with van der Waals surface area (Å²) in [6, 6.07) is 13.4. The van der Waals surface area contributed by atoms with E-state index in [0.29, 0.717) is 11.5 Å². The van der Waals surface area contributed by atoms with Gasteiger partial charge in [0.25, 0.3) is 5.91 Å². The molecule has 122 valence electrons. The van der Waals surface area contributed by atoms with Crippen molar-refractivity contribution in [2.45, 2.75) is 13.5 Å². The molecule has 0 atom stereocenters. The molecule has 3 aromatic rings. The molecule has 0 fully saturated rings. The highest BCUT2D eigenvalue weighted by Gasteiger charge is 2.11. The first-order valence-corrected chi connectivity index (χ1v) is 7.80. The monoisotopic (exact) mass is 320 g/mol. The van der Waals surface area contributed by atoms with Gasteiger partial charge in [0, 0.05) is 18.1 Å². The van der Waals surface area contributed by atoms with Gasteiger partial charge in [0.05, 0.1) is 5.52 Å². The molecule has 0 aliphatic carbocycles. The van der Waals surface area contributed by atoms with Crippen LogP contribution in [0.2, 0.25) is 0 Å². The number of benzene rings is 1. The molecule has 0 spiro atoms. The van der Waals surface area contributed by atoms with E-state index in [-0.39, 0.29) is 5.91 Å². The van der Waals surface area contributed by atoms with Gasteiger partial charge in [0.15, 0.2) is 0 Å². The van der Waals surface area contributed by atoms with Crippen LogP contribution in [0.15, 0.2) is 48.7 Å². The van der Waals surface area contributed by atoms with Crippen molar-refractivity contribution >= 4 is 22.6 Å². The van der Waals surface area contributed by atoms with Crippen molar-refractivity contribution in [3.8, 4) is 0 Å². The third-order valence-electron chi connectivity index (χ3n) is 3.72. The van der Waals surface area contributed by atoms with Gasteiger partial charge in [-0.1, -0.05) is 18.2 Å². The van der Waals surface area contributed by atoms with Gasteiger partial charge in [-0.25, -0.2) is 9.97 Å². The number of hydrogen-bond acceptors (Lipinski definition) is 4. The number of carbonyl (C=O) groups is 1. The number of para-hydroxylation sites is 1. The Morgan fingerprint density at radius 3 is 2.75 bits per heavy atom. The van der Waals surface area contributed by atoms with Gasteiger partial charge in [-0.3, -0.25) is 4.79 Å². The van der Waals surface area contributed by atoms with Crippen molar-refractivity contribution in [1.82, 2.24) is 14.9 Å². The Kier molecular flexibility index (Phi) is 4.53. The highest BCUT2D eigenvalue weighted by molar-refractivity contribution is 6.04. The number of anilines is 1. The largest absolute Gasteiger partial charge is 0.305 e. The zero-order valence-electron chi connectivity index (χ0n) is 14.1. The Balaban J connectivity index is 1.85. The molecule has 0 saturated carbocycles. The standard InChI is InChI=1S/C19H20N4O/c1-13-10-17(21-16-7-5-4-6-15(13)16)19(24)22-18-11-14(8-9-20-18)12-23(2)3/h4-11H,12H2,1-3H3,(H,20,22,24). The number of aryl methyl sites for hydroxylation is 1. The lowest BCUT2D eigenvalue weighted by molar-refractivity contribution is 0.102. The van der Waals surface area contributed by atoms with Gasteiger partial charge >= 0.3 is 0 Å². The number of rotatable bonds is 4. The number of nitrogens with zero attached hydrogens (tertiary/aromatic N) is 3. The number of aromatic nitrogens is 2. The van der Waals surface area contributed by atoms with Crippen LogP contribution in [0, 0.1) is 6.92 Å². The average molecular weight is 320 g/mol. The highest BCUT2D eigenvalue weighted by atomic mass is 16.1. The molecule has 2 aromatic heterocycles. The van der Waals surface area contributed by atoms with Crippen molar-refractivity contribution in [1.29, 1.82) is 0 Å². The summed E-state index contributed by atoms with van der Waals surface area (Å²) in [5.74, 6) is 0.283. The van der Waals surface area contributed by atoms with Crippen LogP contribution in [-0.4, -0.2) is 34.9 Å². The van der Waals surface area contributed by atoms with Crippen molar-refractivity contribution in [2.24, 2.45) is 0 Å². The highest BCUT2D eigenvalue weighted by Crippen LogP contribution is 2.18. The SMILES string of the molecule is Cc1cc(C(=O)Nc2cc(CN(C)C)ccn2)nc2ccccc12. The van der Waals surface area contributed by atoms with E-state index in [0.717, 1.165) is 28.6 Å². The second kappa shape index (κ2) is 6.76. The minimum absolute atomic E-state index is 0.252. The van der Waals surface area contributed by atoms with Gasteiger partial charge < -0.3 is 10.2 Å². The number of hydrogen-bond donors (Lipinski definition) is 1. The van der Waals surface area contributed by atoms with E-state index in [9.17, 15) is 4.79 Å². The number of amides is 1. The van der Waals surface area contributed by atoms with Crippen LogP contribution in [0.5, 0.6) is 0 Å². The topological polar surface area (TPSA) is 58.1 Å². The number of nitrogens with one attached hydrogen (secondary N) is 1. The number of pyridine rings is 2. The van der Waals surface area contributed by atoms with E-state index in [4.69, 9.17) is 0 Å². The first kappa shape index (κ1) is 16.1. The van der Waals surface area contributed by atoms with Gasteiger partial charge in [-0.15, -0.1) is 0 Å². The Labute approximate surface area is 141 Å². The van der Waals surface area contributed by atoms with E-state index in [2.05, 4.69) is 20.2 Å². The molecule has 5 nitrogen and oxygen atoms in total. The first-order valence-electron chi connectivity index (χ1n) is 7.80. The summed E-state index contributed by atoms with van der Waals surface area (Å²) in [7, 11) is 4.00. The predicted molar refractivity (Wildman–Crippen MR) is 96.1 cm³/mol. The van der Waals surface area contributed by atoms with E-state index in [1.54, 1.807) is 12.3 Å². The Hall–Kier alpha value is -2.79. The number of carbonyl (C=O) groups excluding carboxylic acids is 1. The van der Waals surface area contributed by atoms with Crippen molar-refractivity contribution < 1.29 is 4.79 Å². The van der Waals surface area contributed by atoms with Gasteiger partial charge in [0.1, 0.15) is 11.5 Å². The molecule has 0 aliphatic rings. The fourth-order valence-electron chi connectivity index (χ4n) is 2.65. The molecule has 0 aliphatic heterocycles. The molecule has 0 saturated heterocycles. The smallest absolute Gasteiger partial charge is 0.275 e. The van der Waals surface area contributed by atoms with Gasteiger partial charge in [0.2, 0.25) is 0 Å². The average Bonchev–Trinajstić information content (AvgIpc) is 2.54. The lowest BCUT2D eigenvalue weighted by atomic mass is 10.1. The third kappa shape index (κ3) is 3.58. The van der Waals surface area contributed by atoms with E-state index < -0.39 is 0 Å². The predicted octanol–water partition coefficient (Wildman–Crippen LogP) is 3.25. The minimum Gasteiger partial charge on any atom is -0.305 e. The molecule has 3 rings (SSSR count). The number of fused-ring (bicyclic) bond motifs is 1. The van der Waals surface area contributed by atoms with Crippen molar-refractivity contribution in [3.05, 3.63) is 65.5 Å². The summed E-state index contributed by atoms with van der Waals surface area (Å²) in [5, 5.41) is 3.89. The molecule has 5 heteroatoms. The molecular weight excluding hydrogens is 300 g/mol. The maximum atomic E-state index is 12.5. The van der Waals surface area contributed by atoms with Crippen LogP contribution in [-0.2, 0) is 6.54 Å². The summed E-state index contributed by atoms with van der Waals surface area (Å²) in [5.41, 5.74) is 3.33. The lowest BCUT2D eigenvalue weighted by Crippen LogP contribution is -2.16. The molecule has 0 bridgehead atoms.